The second kappa shape index (κ2) is 9.18. The number of aliphatic carboxylic acids is 1. The molecule has 0 radical (unpaired) electrons. The third kappa shape index (κ3) is 6.17. The minimum atomic E-state index is -0.696. The van der Waals surface area contributed by atoms with Crippen molar-refractivity contribution in [3.05, 3.63) is 0 Å². The summed E-state index contributed by atoms with van der Waals surface area (Å²) in [6, 6.07) is 0. The van der Waals surface area contributed by atoms with Crippen molar-refractivity contribution in [3.63, 3.8) is 0 Å². The number of likely N-dealkylation sites (tertiary alicyclic amines) is 1. The first-order valence-electron chi connectivity index (χ1n) is 4.51. The van der Waals surface area contributed by atoms with Gasteiger partial charge in [-0.05, 0) is 19.4 Å². The second-order valence-corrected chi connectivity index (χ2v) is 3.35. The number of nitrogens with two attached hydrogens (primary N) is 1. The largest absolute Gasteiger partial charge is 0.481 e. The Hall–Kier alpha value is -0.0700. The van der Waals surface area contributed by atoms with Crippen LogP contribution < -0.4 is 5.90 Å². The van der Waals surface area contributed by atoms with Crippen molar-refractivity contribution in [1.29, 1.82) is 0 Å². The summed E-state index contributed by atoms with van der Waals surface area (Å²) in [5.41, 5.74) is 0. The minimum Gasteiger partial charge on any atom is -0.481 e. The van der Waals surface area contributed by atoms with Crippen LogP contribution >= 0.6 is 24.8 Å². The van der Waals surface area contributed by atoms with Crippen LogP contribution in [-0.4, -0.2) is 42.2 Å². The zero-order chi connectivity index (χ0) is 9.68. The van der Waals surface area contributed by atoms with Crippen molar-refractivity contribution < 1.29 is 14.7 Å². The lowest BCUT2D eigenvalue weighted by Gasteiger charge is -2.30. The van der Waals surface area contributed by atoms with Gasteiger partial charge in [0.05, 0.1) is 12.5 Å². The monoisotopic (exact) mass is 260 g/mol. The number of nitrogens with zero attached hydrogens (tertiary/aromatic N) is 1. The Bertz CT molecular complexity index is 183. The lowest BCUT2D eigenvalue weighted by atomic mass is 9.98. The van der Waals surface area contributed by atoms with Gasteiger partial charge in [-0.3, -0.25) is 4.79 Å². The summed E-state index contributed by atoms with van der Waals surface area (Å²) < 4.78 is 0. The van der Waals surface area contributed by atoms with Crippen LogP contribution in [-0.2, 0) is 9.63 Å². The molecule has 1 saturated heterocycles. The summed E-state index contributed by atoms with van der Waals surface area (Å²) in [6.45, 7) is 2.76. The molecule has 0 aromatic carbocycles. The molecule has 15 heavy (non-hydrogen) atoms. The molecular formula is C8H18Cl2N2O3. The van der Waals surface area contributed by atoms with E-state index in [9.17, 15) is 4.79 Å². The summed E-state index contributed by atoms with van der Waals surface area (Å²) in [4.78, 5) is 17.2. The molecule has 0 aromatic heterocycles. The number of carboxylic acids is 1. The van der Waals surface area contributed by atoms with Gasteiger partial charge in [-0.1, -0.05) is 0 Å². The summed E-state index contributed by atoms with van der Waals surface area (Å²) in [5.74, 6) is 3.99. The maximum atomic E-state index is 10.7. The van der Waals surface area contributed by atoms with Gasteiger partial charge in [0.2, 0.25) is 0 Å². The van der Waals surface area contributed by atoms with Crippen LogP contribution in [0.15, 0.2) is 0 Å². The van der Waals surface area contributed by atoms with E-state index in [0.29, 0.717) is 13.2 Å². The Morgan fingerprint density at radius 2 is 2.20 bits per heavy atom. The Labute approximate surface area is 102 Å². The first-order valence-corrected chi connectivity index (χ1v) is 4.51. The van der Waals surface area contributed by atoms with Crippen molar-refractivity contribution in [1.82, 2.24) is 4.90 Å². The average molecular weight is 261 g/mol. The number of rotatable bonds is 4. The van der Waals surface area contributed by atoms with E-state index < -0.39 is 5.97 Å². The molecule has 1 aliphatic heterocycles. The molecule has 1 heterocycles. The van der Waals surface area contributed by atoms with E-state index >= 15 is 0 Å². The lowest BCUT2D eigenvalue weighted by molar-refractivity contribution is -0.143. The van der Waals surface area contributed by atoms with Crippen LogP contribution in [0, 0.1) is 5.92 Å². The van der Waals surface area contributed by atoms with Crippen LogP contribution in [0.1, 0.15) is 12.8 Å². The van der Waals surface area contributed by atoms with Gasteiger partial charge in [-0.2, -0.15) is 0 Å². The first-order chi connectivity index (χ1) is 6.24. The number of hydrogen-bond donors (Lipinski definition) is 2. The fourth-order valence-corrected chi connectivity index (χ4v) is 1.64. The molecule has 1 aliphatic rings. The zero-order valence-electron chi connectivity index (χ0n) is 8.42. The van der Waals surface area contributed by atoms with Crippen LogP contribution in [0.3, 0.4) is 0 Å². The molecule has 92 valence electrons. The standard InChI is InChI=1S/C8H16N2O3.2ClH/c9-13-5-4-10-3-1-2-7(6-10)8(11)12;;/h7H,1-6,9H2,(H,11,12);2*1H. The van der Waals surface area contributed by atoms with Crippen molar-refractivity contribution >= 4 is 30.8 Å². The van der Waals surface area contributed by atoms with Gasteiger partial charge in [0.1, 0.15) is 0 Å². The Morgan fingerprint density at radius 1 is 1.53 bits per heavy atom. The van der Waals surface area contributed by atoms with Crippen molar-refractivity contribution in [3.8, 4) is 0 Å². The zero-order valence-corrected chi connectivity index (χ0v) is 10.1. The molecule has 0 aromatic rings. The molecule has 0 bridgehead atoms. The Kier molecular flexibility index (Phi) is 10.6. The maximum absolute atomic E-state index is 10.7. The fraction of sp³-hybridized carbons (Fsp3) is 0.875. The molecule has 7 heteroatoms. The van der Waals surface area contributed by atoms with Gasteiger partial charge in [0, 0.05) is 13.1 Å². The van der Waals surface area contributed by atoms with E-state index in [4.69, 9.17) is 11.0 Å². The fourth-order valence-electron chi connectivity index (χ4n) is 1.64. The van der Waals surface area contributed by atoms with Crippen molar-refractivity contribution in [2.45, 2.75) is 12.8 Å². The van der Waals surface area contributed by atoms with Crippen molar-refractivity contribution in [2.75, 3.05) is 26.2 Å². The predicted octanol–water partition coefficient (Wildman–Crippen LogP) is 0.517. The first kappa shape index (κ1) is 17.3. The number of carboxylic acid groups (broad SMARTS) is 1. The van der Waals surface area contributed by atoms with Crippen LogP contribution in [0.2, 0.25) is 0 Å². The average Bonchev–Trinajstić information content (AvgIpc) is 2.15. The van der Waals surface area contributed by atoms with E-state index in [1.807, 2.05) is 0 Å². The molecule has 0 aliphatic carbocycles. The van der Waals surface area contributed by atoms with Gasteiger partial charge in [-0.15, -0.1) is 24.8 Å². The van der Waals surface area contributed by atoms with Crippen LogP contribution in [0.5, 0.6) is 0 Å². The van der Waals surface area contributed by atoms with Gasteiger partial charge in [-0.25, -0.2) is 5.90 Å². The molecule has 1 fully saturated rings. The molecule has 1 unspecified atom stereocenters. The molecule has 5 nitrogen and oxygen atoms in total. The van der Waals surface area contributed by atoms with Gasteiger partial charge < -0.3 is 14.8 Å². The lowest BCUT2D eigenvalue weighted by Crippen LogP contribution is -2.40. The van der Waals surface area contributed by atoms with Gasteiger partial charge >= 0.3 is 5.97 Å². The molecule has 1 rings (SSSR count). The molecular weight excluding hydrogens is 243 g/mol. The number of piperidine rings is 1. The highest BCUT2D eigenvalue weighted by atomic mass is 35.5. The molecule has 0 saturated carbocycles. The molecule has 0 amide bonds. The normalized spacial score (nSPS) is 21.3. The summed E-state index contributed by atoms with van der Waals surface area (Å²) in [6.07, 6.45) is 1.73. The van der Waals surface area contributed by atoms with E-state index in [1.54, 1.807) is 0 Å². The topological polar surface area (TPSA) is 75.8 Å². The quantitative estimate of drug-likeness (QED) is 0.721. The summed E-state index contributed by atoms with van der Waals surface area (Å²) in [5, 5.41) is 8.80. The number of hydrogen-bond acceptors (Lipinski definition) is 4. The molecule has 1 atom stereocenters. The van der Waals surface area contributed by atoms with E-state index in [0.717, 1.165) is 25.9 Å². The maximum Gasteiger partial charge on any atom is 0.307 e. The molecule has 0 spiro atoms. The van der Waals surface area contributed by atoms with E-state index in [1.165, 1.54) is 0 Å². The summed E-state index contributed by atoms with van der Waals surface area (Å²) >= 11 is 0. The second-order valence-electron chi connectivity index (χ2n) is 3.35. The smallest absolute Gasteiger partial charge is 0.307 e. The highest BCUT2D eigenvalue weighted by molar-refractivity contribution is 5.85. The van der Waals surface area contributed by atoms with Crippen LogP contribution in [0.4, 0.5) is 0 Å². The molecule has 3 N–H and O–H groups in total. The third-order valence-electron chi connectivity index (χ3n) is 2.38. The minimum absolute atomic E-state index is 0. The van der Waals surface area contributed by atoms with Gasteiger partial charge in [0.25, 0.3) is 0 Å². The third-order valence-corrected chi connectivity index (χ3v) is 2.38. The van der Waals surface area contributed by atoms with Gasteiger partial charge in [0.15, 0.2) is 0 Å². The Balaban J connectivity index is 0. The Morgan fingerprint density at radius 3 is 2.73 bits per heavy atom. The summed E-state index contributed by atoms with van der Waals surface area (Å²) in [7, 11) is 0. The van der Waals surface area contributed by atoms with E-state index in [2.05, 4.69) is 9.74 Å². The van der Waals surface area contributed by atoms with Crippen molar-refractivity contribution in [2.24, 2.45) is 11.8 Å². The highest BCUT2D eigenvalue weighted by Gasteiger charge is 2.24. The SMILES string of the molecule is Cl.Cl.NOCCN1CCCC(C(=O)O)C1. The predicted molar refractivity (Wildman–Crippen MR) is 61.4 cm³/mol. The number of halogens is 2. The van der Waals surface area contributed by atoms with Crippen LogP contribution in [0.25, 0.3) is 0 Å². The number of carbonyl (C=O) groups is 1. The van der Waals surface area contributed by atoms with E-state index in [-0.39, 0.29) is 30.7 Å². The highest BCUT2D eigenvalue weighted by Crippen LogP contribution is 2.15.